The molecule has 0 aromatic heterocycles. The van der Waals surface area contributed by atoms with Crippen molar-refractivity contribution in [1.82, 2.24) is 0 Å². The van der Waals surface area contributed by atoms with Gasteiger partial charge in [0.2, 0.25) is 0 Å². The Morgan fingerprint density at radius 3 is 1.91 bits per heavy atom. The van der Waals surface area contributed by atoms with E-state index in [1.165, 1.54) is 25.7 Å². The highest BCUT2D eigenvalue weighted by molar-refractivity contribution is 5.08. The zero-order chi connectivity index (χ0) is 8.11. The summed E-state index contributed by atoms with van der Waals surface area (Å²) in [4.78, 5) is 0. The van der Waals surface area contributed by atoms with Crippen molar-refractivity contribution < 1.29 is 0 Å². The quantitative estimate of drug-likeness (QED) is 0.614. The van der Waals surface area contributed by atoms with Gasteiger partial charge in [-0.3, -0.25) is 0 Å². The smallest absolute Gasteiger partial charge is 0.00485 e. The molecule has 0 spiro atoms. The van der Waals surface area contributed by atoms with Gasteiger partial charge >= 0.3 is 0 Å². The third kappa shape index (κ3) is 0.807. The van der Waals surface area contributed by atoms with Crippen LogP contribution in [0.25, 0.3) is 0 Å². The summed E-state index contributed by atoms with van der Waals surface area (Å²) in [5.41, 5.74) is 7.03. The maximum absolute atomic E-state index is 5.70. The van der Waals surface area contributed by atoms with Gasteiger partial charge < -0.3 is 5.73 Å². The Labute approximate surface area is 69.4 Å². The first-order valence-corrected chi connectivity index (χ1v) is 4.80. The van der Waals surface area contributed by atoms with Crippen molar-refractivity contribution in [2.24, 2.45) is 22.5 Å². The van der Waals surface area contributed by atoms with Crippen molar-refractivity contribution in [2.75, 3.05) is 6.54 Å². The number of nitrogens with two attached hydrogens (primary N) is 1. The first-order valence-electron chi connectivity index (χ1n) is 4.80. The molecule has 0 bridgehead atoms. The molecule has 2 fully saturated rings. The lowest BCUT2D eigenvalue weighted by Gasteiger charge is -2.52. The fourth-order valence-electron chi connectivity index (χ4n) is 3.19. The molecule has 0 heterocycles. The van der Waals surface area contributed by atoms with Crippen molar-refractivity contribution in [2.45, 2.75) is 39.5 Å². The molecule has 11 heavy (non-hydrogen) atoms. The molecule has 2 rings (SSSR count). The van der Waals surface area contributed by atoms with E-state index < -0.39 is 0 Å². The van der Waals surface area contributed by atoms with E-state index >= 15 is 0 Å². The number of fused-ring (bicyclic) bond motifs is 1. The van der Waals surface area contributed by atoms with E-state index in [2.05, 4.69) is 13.8 Å². The number of hydrogen-bond donors (Lipinski definition) is 1. The summed E-state index contributed by atoms with van der Waals surface area (Å²) < 4.78 is 0. The van der Waals surface area contributed by atoms with Crippen LogP contribution < -0.4 is 5.73 Å². The van der Waals surface area contributed by atoms with E-state index in [-0.39, 0.29) is 0 Å². The zero-order valence-corrected chi connectivity index (χ0v) is 7.69. The summed E-state index contributed by atoms with van der Waals surface area (Å²) in [5, 5.41) is 0. The van der Waals surface area contributed by atoms with Crippen LogP contribution >= 0.6 is 0 Å². The summed E-state index contributed by atoms with van der Waals surface area (Å²) in [6.45, 7) is 5.81. The van der Waals surface area contributed by atoms with Gasteiger partial charge in [-0.15, -0.1) is 0 Å². The maximum Gasteiger partial charge on any atom is -0.00485 e. The summed E-state index contributed by atoms with van der Waals surface area (Å²) in [6, 6.07) is 0. The van der Waals surface area contributed by atoms with Crippen molar-refractivity contribution >= 4 is 0 Å². The average Bonchev–Trinajstić information content (AvgIpc) is 2.14. The van der Waals surface area contributed by atoms with Crippen LogP contribution in [0.4, 0.5) is 0 Å². The highest BCUT2D eigenvalue weighted by Crippen LogP contribution is 2.67. The molecule has 64 valence electrons. The Bertz CT molecular complexity index is 160. The third-order valence-electron chi connectivity index (χ3n) is 4.50. The first-order chi connectivity index (χ1) is 5.10. The lowest BCUT2D eigenvalue weighted by molar-refractivity contribution is -0.0164. The van der Waals surface area contributed by atoms with Crippen molar-refractivity contribution in [3.05, 3.63) is 0 Å². The van der Waals surface area contributed by atoms with Crippen LogP contribution in [-0.4, -0.2) is 6.54 Å². The average molecular weight is 153 g/mol. The second kappa shape index (κ2) is 2.01. The Morgan fingerprint density at radius 2 is 1.64 bits per heavy atom. The molecule has 0 saturated heterocycles. The van der Waals surface area contributed by atoms with Gasteiger partial charge in [-0.1, -0.05) is 13.8 Å². The summed E-state index contributed by atoms with van der Waals surface area (Å²) in [6.07, 6.45) is 5.67. The van der Waals surface area contributed by atoms with Crippen LogP contribution in [0.3, 0.4) is 0 Å². The second-order valence-corrected chi connectivity index (χ2v) is 5.13. The molecular formula is C10H19N. The number of rotatable bonds is 1. The van der Waals surface area contributed by atoms with Gasteiger partial charge in [0.1, 0.15) is 0 Å². The van der Waals surface area contributed by atoms with Crippen molar-refractivity contribution in [3.63, 3.8) is 0 Å². The molecule has 2 saturated carbocycles. The molecule has 3 atom stereocenters. The molecule has 0 aliphatic heterocycles. The lowest BCUT2D eigenvalue weighted by Crippen LogP contribution is -2.42. The van der Waals surface area contributed by atoms with Crippen molar-refractivity contribution in [1.29, 1.82) is 0 Å². The van der Waals surface area contributed by atoms with E-state index in [0.717, 1.165) is 12.5 Å². The summed E-state index contributed by atoms with van der Waals surface area (Å²) in [7, 11) is 0. The molecule has 0 aromatic rings. The second-order valence-electron chi connectivity index (χ2n) is 5.13. The fourth-order valence-corrected chi connectivity index (χ4v) is 3.19. The molecule has 2 aliphatic rings. The van der Waals surface area contributed by atoms with Gasteiger partial charge in [-0.05, 0) is 49.0 Å². The molecule has 1 heteroatoms. The predicted molar refractivity (Wildman–Crippen MR) is 47.2 cm³/mol. The molecular weight excluding hydrogens is 134 g/mol. The normalized spacial score (nSPS) is 55.4. The van der Waals surface area contributed by atoms with E-state index in [9.17, 15) is 0 Å². The van der Waals surface area contributed by atoms with E-state index in [1.54, 1.807) is 0 Å². The highest BCUT2D eigenvalue weighted by atomic mass is 14.7. The van der Waals surface area contributed by atoms with Crippen LogP contribution in [0.15, 0.2) is 0 Å². The molecule has 0 radical (unpaired) electrons. The van der Waals surface area contributed by atoms with Gasteiger partial charge in [-0.25, -0.2) is 0 Å². The third-order valence-corrected chi connectivity index (χ3v) is 4.50. The molecule has 2 N–H and O–H groups in total. The van der Waals surface area contributed by atoms with Gasteiger partial charge in [0, 0.05) is 0 Å². The Balaban J connectivity index is 2.14. The zero-order valence-electron chi connectivity index (χ0n) is 7.69. The van der Waals surface area contributed by atoms with Crippen LogP contribution in [0.1, 0.15) is 39.5 Å². The monoisotopic (exact) mass is 153 g/mol. The minimum absolute atomic E-state index is 0.664. The van der Waals surface area contributed by atoms with Crippen LogP contribution in [0.2, 0.25) is 0 Å². The molecule has 1 unspecified atom stereocenters. The Morgan fingerprint density at radius 1 is 1.18 bits per heavy atom. The van der Waals surface area contributed by atoms with E-state index in [4.69, 9.17) is 5.73 Å². The summed E-state index contributed by atoms with van der Waals surface area (Å²) in [5.74, 6) is 0.826. The van der Waals surface area contributed by atoms with Gasteiger partial charge in [0.05, 0.1) is 0 Å². The Hall–Kier alpha value is -0.0400. The standard InChI is InChI=1S/C10H19N/c1-9-3-4-10(9,2)6-8(5-9)7-11/h8H,3-7,11H2,1-2H3/t8?,9-,10+. The minimum atomic E-state index is 0.664. The predicted octanol–water partition coefficient (Wildman–Crippen LogP) is 2.16. The van der Waals surface area contributed by atoms with Crippen LogP contribution in [0, 0.1) is 16.7 Å². The molecule has 0 aromatic carbocycles. The lowest BCUT2D eigenvalue weighted by atomic mass is 9.53. The van der Waals surface area contributed by atoms with E-state index in [1.807, 2.05) is 0 Å². The highest BCUT2D eigenvalue weighted by Gasteiger charge is 2.57. The maximum atomic E-state index is 5.70. The summed E-state index contributed by atoms with van der Waals surface area (Å²) >= 11 is 0. The van der Waals surface area contributed by atoms with Gasteiger partial charge in [0.25, 0.3) is 0 Å². The SMILES string of the molecule is C[C@@]12CC[C@]1(C)CC(CN)C2. The largest absolute Gasteiger partial charge is 0.330 e. The molecule has 1 nitrogen and oxygen atoms in total. The topological polar surface area (TPSA) is 26.0 Å². The number of hydrogen-bond acceptors (Lipinski definition) is 1. The molecule has 2 aliphatic carbocycles. The van der Waals surface area contributed by atoms with Gasteiger partial charge in [0.15, 0.2) is 0 Å². The van der Waals surface area contributed by atoms with Gasteiger partial charge in [-0.2, -0.15) is 0 Å². The van der Waals surface area contributed by atoms with Crippen LogP contribution in [0.5, 0.6) is 0 Å². The fraction of sp³-hybridized carbons (Fsp3) is 1.00. The van der Waals surface area contributed by atoms with Crippen LogP contribution in [-0.2, 0) is 0 Å². The van der Waals surface area contributed by atoms with E-state index in [0.29, 0.717) is 10.8 Å². The first kappa shape index (κ1) is 7.60. The van der Waals surface area contributed by atoms with Crippen molar-refractivity contribution in [3.8, 4) is 0 Å². The minimum Gasteiger partial charge on any atom is -0.330 e. The molecule has 0 amide bonds. The Kier molecular flexibility index (Phi) is 1.39.